The van der Waals surface area contributed by atoms with Crippen molar-refractivity contribution >= 4 is 15.7 Å². The Kier molecular flexibility index (Phi) is 5.56. The molecule has 0 spiro atoms. The van der Waals surface area contributed by atoms with Crippen LogP contribution in [0.15, 0.2) is 42.5 Å². The Labute approximate surface area is 126 Å². The molecule has 0 aromatic heterocycles. The van der Waals surface area contributed by atoms with Crippen molar-refractivity contribution in [2.45, 2.75) is 25.0 Å². The second kappa shape index (κ2) is 7.41. The molecule has 0 heterocycles. The van der Waals surface area contributed by atoms with Crippen LogP contribution in [0.5, 0.6) is 0 Å². The molecule has 1 aliphatic rings. The molecule has 114 valence electrons. The highest BCUT2D eigenvalue weighted by Crippen LogP contribution is 2.19. The Bertz CT molecular complexity index is 593. The third-order valence-corrected chi connectivity index (χ3v) is 5.12. The predicted molar refractivity (Wildman–Crippen MR) is 83.4 cm³/mol. The number of hydrogen-bond acceptors (Lipinski definition) is 3. The molecule has 2 rings (SSSR count). The first-order valence-corrected chi connectivity index (χ1v) is 9.05. The van der Waals surface area contributed by atoms with Gasteiger partial charge in [-0.1, -0.05) is 42.5 Å². The molecule has 0 aliphatic heterocycles. The molecule has 4 nitrogen and oxygen atoms in total. The van der Waals surface area contributed by atoms with Gasteiger partial charge in [0, 0.05) is 13.0 Å². The zero-order valence-corrected chi connectivity index (χ0v) is 12.8. The van der Waals surface area contributed by atoms with E-state index in [2.05, 4.69) is 17.5 Å². The summed E-state index contributed by atoms with van der Waals surface area (Å²) in [4.78, 5) is 11.7. The summed E-state index contributed by atoms with van der Waals surface area (Å²) in [5.74, 6) is 0.246. The number of benzene rings is 1. The third-order valence-electron chi connectivity index (χ3n) is 3.52. The molecule has 1 aromatic rings. The van der Waals surface area contributed by atoms with Crippen molar-refractivity contribution in [1.82, 2.24) is 5.32 Å². The lowest BCUT2D eigenvalue weighted by Gasteiger charge is -2.09. The minimum Gasteiger partial charge on any atom is -0.355 e. The third kappa shape index (κ3) is 5.71. The van der Waals surface area contributed by atoms with Crippen LogP contribution in [0.2, 0.25) is 0 Å². The number of nitrogens with one attached hydrogen (secondary N) is 1. The van der Waals surface area contributed by atoms with Gasteiger partial charge in [-0.05, 0) is 24.3 Å². The average Bonchev–Trinajstić information content (AvgIpc) is 2.91. The summed E-state index contributed by atoms with van der Waals surface area (Å²) in [6.45, 7) is 0.185. The zero-order chi connectivity index (χ0) is 15.1. The molecule has 0 saturated carbocycles. The lowest BCUT2D eigenvalue weighted by molar-refractivity contribution is -0.121. The lowest BCUT2D eigenvalue weighted by atomic mass is 10.1. The molecule has 1 unspecified atom stereocenters. The number of amides is 1. The molecular weight excluding hydrogens is 286 g/mol. The highest BCUT2D eigenvalue weighted by molar-refractivity contribution is 7.90. The zero-order valence-electron chi connectivity index (χ0n) is 12.0. The van der Waals surface area contributed by atoms with Gasteiger partial charge >= 0.3 is 0 Å². The van der Waals surface area contributed by atoms with Gasteiger partial charge in [-0.15, -0.1) is 0 Å². The summed E-state index contributed by atoms with van der Waals surface area (Å²) in [7, 11) is -3.19. The first kappa shape index (κ1) is 15.8. The van der Waals surface area contributed by atoms with Crippen molar-refractivity contribution in [2.24, 2.45) is 5.92 Å². The molecule has 0 saturated heterocycles. The van der Waals surface area contributed by atoms with Gasteiger partial charge in [0.15, 0.2) is 9.84 Å². The Morgan fingerprint density at radius 3 is 2.67 bits per heavy atom. The number of carbonyl (C=O) groups excluding carboxylic acids is 1. The topological polar surface area (TPSA) is 63.2 Å². The van der Waals surface area contributed by atoms with Crippen molar-refractivity contribution in [3.05, 3.63) is 48.0 Å². The largest absolute Gasteiger partial charge is 0.355 e. The Balaban J connectivity index is 1.71. The summed E-state index contributed by atoms with van der Waals surface area (Å²) in [5, 5.41) is 2.70. The van der Waals surface area contributed by atoms with E-state index in [0.717, 1.165) is 18.4 Å². The SMILES string of the molecule is O=C(CC1C=CCC1)NCCS(=O)(=O)Cc1ccccc1. The van der Waals surface area contributed by atoms with E-state index in [9.17, 15) is 13.2 Å². The molecule has 21 heavy (non-hydrogen) atoms. The van der Waals surface area contributed by atoms with Crippen molar-refractivity contribution < 1.29 is 13.2 Å². The number of carbonyl (C=O) groups is 1. The molecule has 0 bridgehead atoms. The van der Waals surface area contributed by atoms with E-state index in [1.54, 1.807) is 12.1 Å². The van der Waals surface area contributed by atoms with Gasteiger partial charge in [0.1, 0.15) is 0 Å². The standard InChI is InChI=1S/C16H21NO3S/c18-16(12-14-6-4-5-7-14)17-10-11-21(19,20)13-15-8-2-1-3-9-15/h1-4,6,8-9,14H,5,7,10-13H2,(H,17,18). The van der Waals surface area contributed by atoms with Crippen LogP contribution in [0.25, 0.3) is 0 Å². The van der Waals surface area contributed by atoms with Gasteiger partial charge in [-0.2, -0.15) is 0 Å². The summed E-state index contributed by atoms with van der Waals surface area (Å²) in [5.41, 5.74) is 0.778. The maximum Gasteiger partial charge on any atom is 0.220 e. The molecule has 1 N–H and O–H groups in total. The number of hydrogen-bond donors (Lipinski definition) is 1. The maximum absolute atomic E-state index is 12.0. The van der Waals surface area contributed by atoms with Gasteiger partial charge in [-0.25, -0.2) is 8.42 Å². The molecule has 0 fully saturated rings. The van der Waals surface area contributed by atoms with Gasteiger partial charge in [0.25, 0.3) is 0 Å². The van der Waals surface area contributed by atoms with Crippen LogP contribution < -0.4 is 5.32 Å². The smallest absolute Gasteiger partial charge is 0.220 e. The summed E-state index contributed by atoms with van der Waals surface area (Å²) in [6.07, 6.45) is 6.65. The van der Waals surface area contributed by atoms with Crippen LogP contribution in [-0.2, 0) is 20.4 Å². The predicted octanol–water partition coefficient (Wildman–Crippen LogP) is 2.07. The van der Waals surface area contributed by atoms with Crippen molar-refractivity contribution in [3.63, 3.8) is 0 Å². The van der Waals surface area contributed by atoms with Gasteiger partial charge < -0.3 is 5.32 Å². The maximum atomic E-state index is 12.0. The average molecular weight is 307 g/mol. The second-order valence-electron chi connectivity index (χ2n) is 5.40. The summed E-state index contributed by atoms with van der Waals surface area (Å²) < 4.78 is 23.9. The number of allylic oxidation sites excluding steroid dienone is 2. The Morgan fingerprint density at radius 1 is 1.24 bits per heavy atom. The van der Waals surface area contributed by atoms with Crippen molar-refractivity contribution in [2.75, 3.05) is 12.3 Å². The lowest BCUT2D eigenvalue weighted by Crippen LogP contribution is -2.30. The highest BCUT2D eigenvalue weighted by atomic mass is 32.2. The number of sulfone groups is 1. The van der Waals surface area contributed by atoms with Crippen LogP contribution in [0.4, 0.5) is 0 Å². The quantitative estimate of drug-likeness (QED) is 0.784. The molecule has 1 atom stereocenters. The molecular formula is C16H21NO3S. The fourth-order valence-corrected chi connectivity index (χ4v) is 3.68. The van der Waals surface area contributed by atoms with E-state index in [0.29, 0.717) is 12.3 Å². The molecule has 5 heteroatoms. The minimum atomic E-state index is -3.19. The van der Waals surface area contributed by atoms with E-state index in [-0.39, 0.29) is 24.0 Å². The summed E-state index contributed by atoms with van der Waals surface area (Å²) >= 11 is 0. The second-order valence-corrected chi connectivity index (χ2v) is 7.58. The van der Waals surface area contributed by atoms with Crippen LogP contribution in [-0.4, -0.2) is 26.6 Å². The first-order chi connectivity index (χ1) is 10.1. The highest BCUT2D eigenvalue weighted by Gasteiger charge is 2.15. The normalized spacial score (nSPS) is 17.8. The Hall–Kier alpha value is -1.62. The molecule has 0 radical (unpaired) electrons. The van der Waals surface area contributed by atoms with Crippen LogP contribution in [0.3, 0.4) is 0 Å². The van der Waals surface area contributed by atoms with Crippen LogP contribution in [0.1, 0.15) is 24.8 Å². The van der Waals surface area contributed by atoms with Crippen molar-refractivity contribution in [1.29, 1.82) is 0 Å². The van der Waals surface area contributed by atoms with E-state index in [4.69, 9.17) is 0 Å². The van der Waals surface area contributed by atoms with Crippen LogP contribution >= 0.6 is 0 Å². The van der Waals surface area contributed by atoms with Gasteiger partial charge in [0.2, 0.25) is 5.91 Å². The van der Waals surface area contributed by atoms with Crippen LogP contribution in [0, 0.1) is 5.92 Å². The monoisotopic (exact) mass is 307 g/mol. The van der Waals surface area contributed by atoms with E-state index in [1.807, 2.05) is 18.2 Å². The van der Waals surface area contributed by atoms with E-state index >= 15 is 0 Å². The summed E-state index contributed by atoms with van der Waals surface area (Å²) in [6, 6.07) is 9.09. The Morgan fingerprint density at radius 2 is 2.00 bits per heavy atom. The fourth-order valence-electron chi connectivity index (χ4n) is 2.42. The van der Waals surface area contributed by atoms with Gasteiger partial charge in [-0.3, -0.25) is 4.79 Å². The number of rotatable bonds is 7. The molecule has 1 aliphatic carbocycles. The first-order valence-electron chi connectivity index (χ1n) is 7.23. The minimum absolute atomic E-state index is 0.0197. The van der Waals surface area contributed by atoms with Gasteiger partial charge in [0.05, 0.1) is 11.5 Å². The van der Waals surface area contributed by atoms with E-state index in [1.165, 1.54) is 0 Å². The van der Waals surface area contributed by atoms with Crippen molar-refractivity contribution in [3.8, 4) is 0 Å². The molecule has 1 aromatic carbocycles. The molecule has 1 amide bonds. The fraction of sp³-hybridized carbons (Fsp3) is 0.438. The van der Waals surface area contributed by atoms with E-state index < -0.39 is 9.84 Å².